The van der Waals surface area contributed by atoms with E-state index in [9.17, 15) is 4.79 Å². The highest BCUT2D eigenvalue weighted by molar-refractivity contribution is 7.12. The van der Waals surface area contributed by atoms with Gasteiger partial charge in [0.1, 0.15) is 5.82 Å². The predicted molar refractivity (Wildman–Crippen MR) is 78.7 cm³/mol. The summed E-state index contributed by atoms with van der Waals surface area (Å²) in [7, 11) is 1.62. The van der Waals surface area contributed by atoms with Crippen molar-refractivity contribution in [1.82, 2.24) is 10.3 Å². The molecular formula is C14H17N3OS. The van der Waals surface area contributed by atoms with E-state index in [1.54, 1.807) is 36.7 Å². The summed E-state index contributed by atoms with van der Waals surface area (Å²) < 4.78 is 0. The van der Waals surface area contributed by atoms with E-state index in [4.69, 9.17) is 0 Å². The van der Waals surface area contributed by atoms with Gasteiger partial charge in [0.15, 0.2) is 0 Å². The van der Waals surface area contributed by atoms with Crippen LogP contribution < -0.4 is 10.6 Å². The molecule has 0 aliphatic carbocycles. The summed E-state index contributed by atoms with van der Waals surface area (Å²) in [6.45, 7) is 2.83. The van der Waals surface area contributed by atoms with Gasteiger partial charge in [-0.15, -0.1) is 11.3 Å². The lowest BCUT2D eigenvalue weighted by Gasteiger charge is -2.08. The van der Waals surface area contributed by atoms with E-state index in [-0.39, 0.29) is 5.91 Å². The Balaban J connectivity index is 2.08. The van der Waals surface area contributed by atoms with Gasteiger partial charge in [0.25, 0.3) is 5.91 Å². The molecule has 0 aliphatic rings. The van der Waals surface area contributed by atoms with E-state index in [0.29, 0.717) is 17.9 Å². The summed E-state index contributed by atoms with van der Waals surface area (Å²) >= 11 is 1.78. The topological polar surface area (TPSA) is 54.0 Å². The van der Waals surface area contributed by atoms with Crippen LogP contribution in [0.1, 0.15) is 27.0 Å². The maximum Gasteiger partial charge on any atom is 0.254 e. The van der Waals surface area contributed by atoms with Crippen molar-refractivity contribution in [3.63, 3.8) is 0 Å². The average Bonchev–Trinajstić information content (AvgIpc) is 2.92. The van der Waals surface area contributed by atoms with Crippen molar-refractivity contribution in [2.24, 2.45) is 0 Å². The smallest absolute Gasteiger partial charge is 0.254 e. The van der Waals surface area contributed by atoms with E-state index in [2.05, 4.69) is 34.7 Å². The highest BCUT2D eigenvalue weighted by atomic mass is 32.1. The third kappa shape index (κ3) is 3.32. The van der Waals surface area contributed by atoms with Gasteiger partial charge in [-0.25, -0.2) is 4.98 Å². The Bertz CT molecular complexity index is 565. The first-order chi connectivity index (χ1) is 9.24. The number of carbonyl (C=O) groups is 1. The molecule has 0 bridgehead atoms. The van der Waals surface area contributed by atoms with Gasteiger partial charge in [0, 0.05) is 23.0 Å². The quantitative estimate of drug-likeness (QED) is 0.882. The number of nitrogens with one attached hydrogen (secondary N) is 2. The summed E-state index contributed by atoms with van der Waals surface area (Å²) in [6.07, 6.45) is 2.73. The third-order valence-electron chi connectivity index (χ3n) is 2.78. The van der Waals surface area contributed by atoms with E-state index < -0.39 is 0 Å². The standard InChI is InChI=1S/C14H17N3OS/c1-3-10-6-7-11(19-10)9-17-13-12(14(18)15-2)5-4-8-16-13/h4-8H,3,9H2,1-2H3,(H,15,18)(H,16,17). The largest absolute Gasteiger partial charge is 0.365 e. The minimum atomic E-state index is -0.129. The molecule has 2 aromatic rings. The molecule has 2 heterocycles. The van der Waals surface area contributed by atoms with Crippen molar-refractivity contribution in [2.45, 2.75) is 19.9 Å². The molecule has 2 rings (SSSR count). The van der Waals surface area contributed by atoms with Crippen LogP contribution in [0, 0.1) is 0 Å². The molecule has 0 aromatic carbocycles. The average molecular weight is 275 g/mol. The Hall–Kier alpha value is -1.88. The first kappa shape index (κ1) is 13.5. The molecule has 2 aromatic heterocycles. The van der Waals surface area contributed by atoms with E-state index in [1.165, 1.54) is 9.75 Å². The van der Waals surface area contributed by atoms with Crippen LogP contribution in [0.4, 0.5) is 5.82 Å². The first-order valence-electron chi connectivity index (χ1n) is 6.23. The molecule has 0 radical (unpaired) electrons. The van der Waals surface area contributed by atoms with E-state index in [0.717, 1.165) is 6.42 Å². The van der Waals surface area contributed by atoms with Crippen molar-refractivity contribution in [2.75, 3.05) is 12.4 Å². The number of amides is 1. The summed E-state index contributed by atoms with van der Waals surface area (Å²) in [4.78, 5) is 18.5. The Labute approximate surface area is 116 Å². The lowest BCUT2D eigenvalue weighted by atomic mass is 10.2. The number of aromatic nitrogens is 1. The Morgan fingerprint density at radius 1 is 1.32 bits per heavy atom. The van der Waals surface area contributed by atoms with Crippen molar-refractivity contribution in [3.8, 4) is 0 Å². The molecule has 4 nitrogen and oxygen atoms in total. The molecule has 0 atom stereocenters. The van der Waals surface area contributed by atoms with Crippen LogP contribution in [0.5, 0.6) is 0 Å². The van der Waals surface area contributed by atoms with Gasteiger partial charge in [-0.05, 0) is 30.7 Å². The van der Waals surface area contributed by atoms with E-state index in [1.807, 2.05) is 0 Å². The zero-order chi connectivity index (χ0) is 13.7. The fourth-order valence-corrected chi connectivity index (χ4v) is 2.64. The van der Waals surface area contributed by atoms with Gasteiger partial charge in [0.2, 0.25) is 0 Å². The molecular weight excluding hydrogens is 258 g/mol. The van der Waals surface area contributed by atoms with Crippen LogP contribution >= 0.6 is 11.3 Å². The second-order valence-corrected chi connectivity index (χ2v) is 5.31. The van der Waals surface area contributed by atoms with Crippen LogP contribution in [0.2, 0.25) is 0 Å². The fourth-order valence-electron chi connectivity index (χ4n) is 1.74. The zero-order valence-corrected chi connectivity index (χ0v) is 11.9. The molecule has 0 unspecified atom stereocenters. The third-order valence-corrected chi connectivity index (χ3v) is 4.00. The van der Waals surface area contributed by atoms with E-state index >= 15 is 0 Å². The van der Waals surface area contributed by atoms with Crippen molar-refractivity contribution in [3.05, 3.63) is 45.8 Å². The summed E-state index contributed by atoms with van der Waals surface area (Å²) in [5.41, 5.74) is 0.567. The number of nitrogens with zero attached hydrogens (tertiary/aromatic N) is 1. The number of hydrogen-bond acceptors (Lipinski definition) is 4. The first-order valence-corrected chi connectivity index (χ1v) is 7.04. The molecule has 0 spiro atoms. The Kier molecular flexibility index (Phi) is 4.52. The molecule has 2 N–H and O–H groups in total. The minimum Gasteiger partial charge on any atom is -0.365 e. The van der Waals surface area contributed by atoms with Gasteiger partial charge in [-0.3, -0.25) is 4.79 Å². The molecule has 1 amide bonds. The SMILES string of the molecule is CCc1ccc(CNc2ncccc2C(=O)NC)s1. The maximum atomic E-state index is 11.7. The maximum absolute atomic E-state index is 11.7. The lowest BCUT2D eigenvalue weighted by Crippen LogP contribution is -2.20. The van der Waals surface area contributed by atoms with Gasteiger partial charge in [-0.1, -0.05) is 6.92 Å². The number of carbonyl (C=O) groups excluding carboxylic acids is 1. The number of rotatable bonds is 5. The fraction of sp³-hybridized carbons (Fsp3) is 0.286. The molecule has 100 valence electrons. The number of anilines is 1. The highest BCUT2D eigenvalue weighted by Gasteiger charge is 2.10. The zero-order valence-electron chi connectivity index (χ0n) is 11.1. The number of aryl methyl sites for hydroxylation is 1. The molecule has 0 saturated carbocycles. The van der Waals surface area contributed by atoms with Crippen LogP contribution in [0.15, 0.2) is 30.5 Å². The Morgan fingerprint density at radius 3 is 2.79 bits per heavy atom. The molecule has 0 saturated heterocycles. The minimum absolute atomic E-state index is 0.129. The summed E-state index contributed by atoms with van der Waals surface area (Å²) in [6, 6.07) is 7.77. The lowest BCUT2D eigenvalue weighted by molar-refractivity contribution is 0.0963. The molecule has 0 aliphatic heterocycles. The van der Waals surface area contributed by atoms with Crippen molar-refractivity contribution in [1.29, 1.82) is 0 Å². The molecule has 0 fully saturated rings. The van der Waals surface area contributed by atoms with Gasteiger partial charge in [-0.2, -0.15) is 0 Å². The summed E-state index contributed by atoms with van der Waals surface area (Å²) in [5.74, 6) is 0.490. The monoisotopic (exact) mass is 275 g/mol. The normalized spacial score (nSPS) is 10.2. The number of thiophene rings is 1. The van der Waals surface area contributed by atoms with Crippen molar-refractivity contribution >= 4 is 23.1 Å². The molecule has 19 heavy (non-hydrogen) atoms. The second kappa shape index (κ2) is 6.33. The Morgan fingerprint density at radius 2 is 2.11 bits per heavy atom. The molecule has 5 heteroatoms. The number of pyridine rings is 1. The van der Waals surface area contributed by atoms with Gasteiger partial charge >= 0.3 is 0 Å². The predicted octanol–water partition coefficient (Wildman–Crippen LogP) is 2.68. The van der Waals surface area contributed by atoms with Crippen molar-refractivity contribution < 1.29 is 4.79 Å². The van der Waals surface area contributed by atoms with Gasteiger partial charge < -0.3 is 10.6 Å². The second-order valence-electron chi connectivity index (χ2n) is 4.05. The number of hydrogen-bond donors (Lipinski definition) is 2. The highest BCUT2D eigenvalue weighted by Crippen LogP contribution is 2.19. The summed E-state index contributed by atoms with van der Waals surface area (Å²) in [5, 5.41) is 5.84. The van der Waals surface area contributed by atoms with Crippen LogP contribution in [0.25, 0.3) is 0 Å². The van der Waals surface area contributed by atoms with Crippen LogP contribution in [-0.2, 0) is 13.0 Å². The van der Waals surface area contributed by atoms with Crippen LogP contribution in [-0.4, -0.2) is 17.9 Å². The van der Waals surface area contributed by atoms with Crippen LogP contribution in [0.3, 0.4) is 0 Å². The van der Waals surface area contributed by atoms with Gasteiger partial charge in [0.05, 0.1) is 12.1 Å².